The summed E-state index contributed by atoms with van der Waals surface area (Å²) in [6.45, 7) is 15.0. The van der Waals surface area contributed by atoms with E-state index in [1.165, 1.54) is 49.3 Å². The molecule has 1 aromatic rings. The van der Waals surface area contributed by atoms with Crippen LogP contribution in [0.2, 0.25) is 0 Å². The van der Waals surface area contributed by atoms with Gasteiger partial charge in [0.15, 0.2) is 5.96 Å². The molecule has 154 valence electrons. The molecule has 0 bridgehead atoms. The van der Waals surface area contributed by atoms with E-state index in [-0.39, 0.29) is 24.0 Å². The van der Waals surface area contributed by atoms with Crippen molar-refractivity contribution in [1.29, 1.82) is 0 Å². The molecule has 0 radical (unpaired) electrons. The number of guanidine groups is 1. The highest BCUT2D eigenvalue weighted by Gasteiger charge is 2.11. The molecule has 0 unspecified atom stereocenters. The van der Waals surface area contributed by atoms with Crippen LogP contribution in [-0.2, 0) is 6.54 Å². The Hall–Kier alpha value is -0.860. The molecule has 5 nitrogen and oxygen atoms in total. The highest BCUT2D eigenvalue weighted by atomic mass is 127. The second-order valence-corrected chi connectivity index (χ2v) is 7.40. The Balaban J connectivity index is 0.00000364. The zero-order valence-corrected chi connectivity index (χ0v) is 19.9. The predicted molar refractivity (Wildman–Crippen MR) is 127 cm³/mol. The largest absolute Gasteiger partial charge is 0.357 e. The monoisotopic (exact) mass is 487 g/mol. The van der Waals surface area contributed by atoms with Crippen LogP contribution in [0, 0.1) is 13.8 Å². The van der Waals surface area contributed by atoms with E-state index >= 15 is 0 Å². The summed E-state index contributed by atoms with van der Waals surface area (Å²) in [5.74, 6) is 0.920. The van der Waals surface area contributed by atoms with Crippen molar-refractivity contribution in [2.75, 3.05) is 52.9 Å². The number of halogens is 1. The molecule has 1 saturated heterocycles. The Bertz CT molecular complexity index is 576. The van der Waals surface area contributed by atoms with Gasteiger partial charge in [-0.1, -0.05) is 23.8 Å². The number of benzene rings is 1. The van der Waals surface area contributed by atoms with Crippen molar-refractivity contribution < 1.29 is 0 Å². The second-order valence-electron chi connectivity index (χ2n) is 7.40. The van der Waals surface area contributed by atoms with Crippen LogP contribution < -0.4 is 10.6 Å². The molecule has 0 amide bonds. The zero-order chi connectivity index (χ0) is 18.8. The van der Waals surface area contributed by atoms with E-state index in [1.54, 1.807) is 0 Å². The van der Waals surface area contributed by atoms with Crippen molar-refractivity contribution in [3.63, 3.8) is 0 Å². The Labute approximate surface area is 183 Å². The Morgan fingerprint density at radius 1 is 1.11 bits per heavy atom. The molecule has 1 aliphatic heterocycles. The van der Waals surface area contributed by atoms with Crippen LogP contribution in [0.5, 0.6) is 0 Å². The van der Waals surface area contributed by atoms with E-state index in [9.17, 15) is 0 Å². The fraction of sp³-hybridized carbons (Fsp3) is 0.667. The highest BCUT2D eigenvalue weighted by molar-refractivity contribution is 14.0. The van der Waals surface area contributed by atoms with Gasteiger partial charge in [0, 0.05) is 26.2 Å². The van der Waals surface area contributed by atoms with Gasteiger partial charge in [-0.05, 0) is 71.4 Å². The lowest BCUT2D eigenvalue weighted by Crippen LogP contribution is -2.39. The van der Waals surface area contributed by atoms with Gasteiger partial charge >= 0.3 is 0 Å². The minimum absolute atomic E-state index is 0. The van der Waals surface area contributed by atoms with Gasteiger partial charge in [-0.3, -0.25) is 0 Å². The lowest BCUT2D eigenvalue weighted by molar-refractivity contribution is 0.274. The van der Waals surface area contributed by atoms with Gasteiger partial charge in [0.1, 0.15) is 0 Å². The highest BCUT2D eigenvalue weighted by Crippen LogP contribution is 2.11. The standard InChI is InChI=1S/C21H37N5.HI/c1-5-22-21(24-17-20-9-8-18(2)16-19(20)3)23-10-6-12-26-13-7-11-25(4)14-15-26;/h8-9,16H,5-7,10-15,17H2,1-4H3,(H2,22,23,24);1H. The van der Waals surface area contributed by atoms with E-state index < -0.39 is 0 Å². The minimum atomic E-state index is 0. The van der Waals surface area contributed by atoms with Crippen LogP contribution in [-0.4, -0.2) is 68.6 Å². The van der Waals surface area contributed by atoms with E-state index in [0.29, 0.717) is 0 Å². The smallest absolute Gasteiger partial charge is 0.191 e. The van der Waals surface area contributed by atoms with Crippen molar-refractivity contribution >= 4 is 29.9 Å². The maximum Gasteiger partial charge on any atom is 0.191 e. The third kappa shape index (κ3) is 9.25. The number of likely N-dealkylation sites (N-methyl/N-ethyl adjacent to an activating group) is 1. The average molecular weight is 487 g/mol. The number of nitrogens with one attached hydrogen (secondary N) is 2. The second kappa shape index (κ2) is 13.3. The first-order valence-corrected chi connectivity index (χ1v) is 10.1. The summed E-state index contributed by atoms with van der Waals surface area (Å²) in [4.78, 5) is 9.78. The van der Waals surface area contributed by atoms with Gasteiger partial charge in [-0.25, -0.2) is 4.99 Å². The molecule has 0 atom stereocenters. The van der Waals surface area contributed by atoms with Crippen LogP contribution in [0.4, 0.5) is 0 Å². The quantitative estimate of drug-likeness (QED) is 0.269. The number of hydrogen-bond acceptors (Lipinski definition) is 3. The van der Waals surface area contributed by atoms with Crippen LogP contribution in [0.15, 0.2) is 23.2 Å². The topological polar surface area (TPSA) is 42.9 Å². The van der Waals surface area contributed by atoms with Crippen LogP contribution in [0.3, 0.4) is 0 Å². The van der Waals surface area contributed by atoms with E-state index in [1.807, 2.05) is 0 Å². The fourth-order valence-electron chi connectivity index (χ4n) is 3.36. The minimum Gasteiger partial charge on any atom is -0.357 e. The maximum atomic E-state index is 4.76. The van der Waals surface area contributed by atoms with Gasteiger partial charge in [-0.2, -0.15) is 0 Å². The van der Waals surface area contributed by atoms with Crippen molar-refractivity contribution in [1.82, 2.24) is 20.4 Å². The summed E-state index contributed by atoms with van der Waals surface area (Å²) in [6, 6.07) is 6.58. The molecule has 2 N–H and O–H groups in total. The molecule has 1 aromatic carbocycles. The van der Waals surface area contributed by atoms with Crippen molar-refractivity contribution in [2.45, 2.75) is 40.2 Å². The summed E-state index contributed by atoms with van der Waals surface area (Å²) in [5, 5.41) is 6.84. The molecule has 0 saturated carbocycles. The Morgan fingerprint density at radius 2 is 1.93 bits per heavy atom. The molecule has 1 heterocycles. The van der Waals surface area contributed by atoms with Crippen molar-refractivity contribution in [2.24, 2.45) is 4.99 Å². The third-order valence-corrected chi connectivity index (χ3v) is 5.01. The van der Waals surface area contributed by atoms with Gasteiger partial charge in [0.05, 0.1) is 6.54 Å². The molecule has 2 rings (SSSR count). The molecule has 0 spiro atoms. The van der Waals surface area contributed by atoms with Gasteiger partial charge in [0.25, 0.3) is 0 Å². The zero-order valence-electron chi connectivity index (χ0n) is 17.6. The van der Waals surface area contributed by atoms with E-state index in [2.05, 4.69) is 66.5 Å². The number of hydrogen-bond donors (Lipinski definition) is 2. The molecule has 0 aliphatic carbocycles. The first-order valence-electron chi connectivity index (χ1n) is 10.1. The lowest BCUT2D eigenvalue weighted by Gasteiger charge is -2.20. The number of aliphatic imine (C=N–C) groups is 1. The fourth-order valence-corrected chi connectivity index (χ4v) is 3.36. The molecule has 1 aliphatic rings. The van der Waals surface area contributed by atoms with Crippen LogP contribution in [0.1, 0.15) is 36.5 Å². The normalized spacial score (nSPS) is 16.5. The van der Waals surface area contributed by atoms with Crippen molar-refractivity contribution in [3.05, 3.63) is 34.9 Å². The number of nitrogens with zero attached hydrogens (tertiary/aromatic N) is 3. The molecule has 1 fully saturated rings. The number of rotatable bonds is 7. The van der Waals surface area contributed by atoms with Gasteiger partial charge in [0.2, 0.25) is 0 Å². The van der Waals surface area contributed by atoms with Crippen LogP contribution in [0.25, 0.3) is 0 Å². The summed E-state index contributed by atoms with van der Waals surface area (Å²) >= 11 is 0. The molecular weight excluding hydrogens is 449 g/mol. The van der Waals surface area contributed by atoms with E-state index in [0.717, 1.165) is 38.6 Å². The third-order valence-electron chi connectivity index (χ3n) is 5.01. The molecule has 0 aromatic heterocycles. The average Bonchev–Trinajstić information content (AvgIpc) is 2.82. The summed E-state index contributed by atoms with van der Waals surface area (Å²) < 4.78 is 0. The maximum absolute atomic E-state index is 4.76. The predicted octanol–water partition coefficient (Wildman–Crippen LogP) is 3.00. The lowest BCUT2D eigenvalue weighted by atomic mass is 10.1. The Morgan fingerprint density at radius 3 is 2.67 bits per heavy atom. The van der Waals surface area contributed by atoms with E-state index in [4.69, 9.17) is 4.99 Å². The molecular formula is C21H38IN5. The Kier molecular flexibility index (Phi) is 11.9. The molecule has 27 heavy (non-hydrogen) atoms. The number of aryl methyl sites for hydroxylation is 2. The van der Waals surface area contributed by atoms with Crippen molar-refractivity contribution in [3.8, 4) is 0 Å². The summed E-state index contributed by atoms with van der Waals surface area (Å²) in [5.41, 5.74) is 3.91. The first kappa shape index (κ1) is 24.2. The SMILES string of the molecule is CCNC(=NCc1ccc(C)cc1C)NCCCN1CCCN(C)CC1.I. The van der Waals surface area contributed by atoms with Gasteiger partial charge < -0.3 is 20.4 Å². The summed E-state index contributed by atoms with van der Waals surface area (Å²) in [7, 11) is 2.22. The summed E-state index contributed by atoms with van der Waals surface area (Å²) in [6.07, 6.45) is 2.43. The first-order chi connectivity index (χ1) is 12.6. The van der Waals surface area contributed by atoms with Gasteiger partial charge in [-0.15, -0.1) is 24.0 Å². The van der Waals surface area contributed by atoms with Crippen LogP contribution >= 0.6 is 24.0 Å². The molecule has 6 heteroatoms.